The molecule has 4 heteroatoms. The lowest BCUT2D eigenvalue weighted by molar-refractivity contribution is -0.135. The molecule has 0 amide bonds. The second-order valence-electron chi connectivity index (χ2n) is 2.01. The molecule has 0 radical (unpaired) electrons. The van der Waals surface area contributed by atoms with Crippen molar-refractivity contribution < 1.29 is 18.3 Å². The average Bonchev–Trinajstić information content (AvgIpc) is 1.86. The Labute approximate surface area is 63.8 Å². The van der Waals surface area contributed by atoms with Crippen LogP contribution in [0.1, 0.15) is 13.8 Å². The van der Waals surface area contributed by atoms with Gasteiger partial charge in [0.15, 0.2) is 0 Å². The van der Waals surface area contributed by atoms with Crippen LogP contribution in [0.25, 0.3) is 0 Å². The molecule has 0 atom stereocenters. The van der Waals surface area contributed by atoms with Crippen LogP contribution in [0.15, 0.2) is 12.3 Å². The van der Waals surface area contributed by atoms with Crippen LogP contribution < -0.4 is 0 Å². The monoisotopic (exact) mass is 164 g/mol. The summed E-state index contributed by atoms with van der Waals surface area (Å²) in [6.07, 6.45) is 1.70. The molecule has 0 aromatic heterocycles. The summed E-state index contributed by atoms with van der Waals surface area (Å²) < 4.78 is 28.7. The molecule has 0 aliphatic rings. The highest BCUT2D eigenvalue weighted by molar-refractivity contribution is 5.95. The fourth-order valence-corrected chi connectivity index (χ4v) is 0.352. The van der Waals surface area contributed by atoms with Gasteiger partial charge in [0, 0.05) is 13.0 Å². The van der Waals surface area contributed by atoms with E-state index in [2.05, 4.69) is 4.74 Å². The van der Waals surface area contributed by atoms with Crippen molar-refractivity contribution in [2.45, 2.75) is 19.8 Å². The van der Waals surface area contributed by atoms with E-state index in [1.54, 1.807) is 6.92 Å². The van der Waals surface area contributed by atoms with E-state index in [4.69, 9.17) is 0 Å². The Kier molecular flexibility index (Phi) is 3.71. The predicted molar refractivity (Wildman–Crippen MR) is 36.4 cm³/mol. The zero-order chi connectivity index (χ0) is 8.91. The number of ether oxygens (including phenoxy) is 1. The lowest BCUT2D eigenvalue weighted by Crippen LogP contribution is -2.21. The summed E-state index contributed by atoms with van der Waals surface area (Å²) in [5.41, 5.74) is 0. The summed E-state index contributed by atoms with van der Waals surface area (Å²) >= 11 is 0. The van der Waals surface area contributed by atoms with Crippen LogP contribution in [0.5, 0.6) is 0 Å². The number of hydrogen-bond donors (Lipinski definition) is 0. The topological polar surface area (TPSA) is 26.3 Å². The van der Waals surface area contributed by atoms with Gasteiger partial charge in [-0.3, -0.25) is 4.79 Å². The van der Waals surface area contributed by atoms with Crippen molar-refractivity contribution in [2.75, 3.05) is 6.61 Å². The van der Waals surface area contributed by atoms with E-state index in [9.17, 15) is 13.6 Å². The lowest BCUT2D eigenvalue weighted by atomic mass is 10.2. The lowest BCUT2D eigenvalue weighted by Gasteiger charge is -2.03. The number of carbonyl (C=O) groups excluding carboxylic acids is 1. The van der Waals surface area contributed by atoms with Gasteiger partial charge in [-0.15, -0.1) is 0 Å². The summed E-state index contributed by atoms with van der Waals surface area (Å²) in [5, 5.41) is 0. The zero-order valence-electron chi connectivity index (χ0n) is 6.43. The van der Waals surface area contributed by atoms with Crippen LogP contribution in [0.4, 0.5) is 8.78 Å². The molecule has 0 heterocycles. The van der Waals surface area contributed by atoms with Crippen LogP contribution in [-0.2, 0) is 9.53 Å². The van der Waals surface area contributed by atoms with Crippen LogP contribution in [0, 0.1) is 0 Å². The van der Waals surface area contributed by atoms with Crippen molar-refractivity contribution in [2.24, 2.45) is 0 Å². The van der Waals surface area contributed by atoms with Crippen molar-refractivity contribution in [3.05, 3.63) is 12.3 Å². The van der Waals surface area contributed by atoms with E-state index in [1.165, 1.54) is 0 Å². The normalized spacial score (nSPS) is 12.0. The van der Waals surface area contributed by atoms with Gasteiger partial charge in [0.2, 0.25) is 5.78 Å². The molecule has 0 aromatic carbocycles. The first-order chi connectivity index (χ1) is 4.98. The SMILES string of the molecule is CCO/C=C/C(=O)C(C)(F)F. The number of alkyl halides is 2. The van der Waals surface area contributed by atoms with E-state index in [0.717, 1.165) is 12.3 Å². The van der Waals surface area contributed by atoms with E-state index in [1.807, 2.05) is 0 Å². The first-order valence-corrected chi connectivity index (χ1v) is 3.19. The van der Waals surface area contributed by atoms with Crippen molar-refractivity contribution in [3.8, 4) is 0 Å². The van der Waals surface area contributed by atoms with Crippen molar-refractivity contribution in [3.63, 3.8) is 0 Å². The Bertz CT molecular complexity index is 158. The fraction of sp³-hybridized carbons (Fsp3) is 0.571. The quantitative estimate of drug-likeness (QED) is 0.467. The minimum absolute atomic E-state index is 0.360. The Hall–Kier alpha value is -0.930. The summed E-state index contributed by atoms with van der Waals surface area (Å²) in [5.74, 6) is -4.54. The van der Waals surface area contributed by atoms with E-state index in [0.29, 0.717) is 13.5 Å². The van der Waals surface area contributed by atoms with Gasteiger partial charge < -0.3 is 4.74 Å². The maximum absolute atomic E-state index is 12.1. The summed E-state index contributed by atoms with van der Waals surface area (Å²) in [7, 11) is 0. The summed E-state index contributed by atoms with van der Waals surface area (Å²) in [6.45, 7) is 2.60. The predicted octanol–water partition coefficient (Wildman–Crippen LogP) is 1.76. The molecular weight excluding hydrogens is 154 g/mol. The molecule has 11 heavy (non-hydrogen) atoms. The number of carbonyl (C=O) groups is 1. The molecule has 0 fully saturated rings. The Morgan fingerprint density at radius 1 is 1.64 bits per heavy atom. The third-order valence-electron chi connectivity index (χ3n) is 0.915. The molecule has 0 aliphatic carbocycles. The maximum Gasteiger partial charge on any atom is 0.306 e. The number of halogens is 2. The maximum atomic E-state index is 12.1. The van der Waals surface area contributed by atoms with Gasteiger partial charge in [0.1, 0.15) is 0 Å². The first kappa shape index (κ1) is 10.1. The van der Waals surface area contributed by atoms with E-state index >= 15 is 0 Å². The molecule has 0 rings (SSSR count). The minimum Gasteiger partial charge on any atom is -0.501 e. The van der Waals surface area contributed by atoms with Gasteiger partial charge in [0.25, 0.3) is 0 Å². The summed E-state index contributed by atoms with van der Waals surface area (Å²) in [4.78, 5) is 10.4. The number of hydrogen-bond acceptors (Lipinski definition) is 2. The van der Waals surface area contributed by atoms with Crippen molar-refractivity contribution >= 4 is 5.78 Å². The molecule has 0 aromatic rings. The molecule has 0 aliphatic heterocycles. The molecule has 64 valence electrons. The highest BCUT2D eigenvalue weighted by atomic mass is 19.3. The standard InChI is InChI=1S/C7H10F2O2/c1-3-11-5-4-6(10)7(2,8)9/h4-5H,3H2,1-2H3/b5-4+. The third-order valence-corrected chi connectivity index (χ3v) is 0.915. The molecule has 0 unspecified atom stereocenters. The highest BCUT2D eigenvalue weighted by Crippen LogP contribution is 2.12. The van der Waals surface area contributed by atoms with Crippen LogP contribution >= 0.6 is 0 Å². The van der Waals surface area contributed by atoms with Crippen molar-refractivity contribution in [1.82, 2.24) is 0 Å². The molecular formula is C7H10F2O2. The van der Waals surface area contributed by atoms with Gasteiger partial charge in [-0.2, -0.15) is 8.78 Å². The number of ketones is 1. The smallest absolute Gasteiger partial charge is 0.306 e. The number of allylic oxidation sites excluding steroid dienone is 1. The summed E-state index contributed by atoms with van der Waals surface area (Å²) in [6, 6.07) is 0. The molecule has 2 nitrogen and oxygen atoms in total. The van der Waals surface area contributed by atoms with Gasteiger partial charge >= 0.3 is 5.92 Å². The van der Waals surface area contributed by atoms with Gasteiger partial charge in [-0.1, -0.05) is 0 Å². The van der Waals surface area contributed by atoms with Gasteiger partial charge in [-0.25, -0.2) is 0 Å². The zero-order valence-corrected chi connectivity index (χ0v) is 6.43. The Balaban J connectivity index is 3.88. The Morgan fingerprint density at radius 3 is 2.55 bits per heavy atom. The van der Waals surface area contributed by atoms with Crippen molar-refractivity contribution in [1.29, 1.82) is 0 Å². The average molecular weight is 164 g/mol. The molecule has 0 bridgehead atoms. The largest absolute Gasteiger partial charge is 0.501 e. The number of rotatable bonds is 4. The molecule has 0 saturated heterocycles. The minimum atomic E-state index is -3.30. The Morgan fingerprint density at radius 2 is 2.18 bits per heavy atom. The van der Waals surface area contributed by atoms with Crippen LogP contribution in [-0.4, -0.2) is 18.3 Å². The van der Waals surface area contributed by atoms with Crippen LogP contribution in [0.3, 0.4) is 0 Å². The van der Waals surface area contributed by atoms with Crippen LogP contribution in [0.2, 0.25) is 0 Å². The second kappa shape index (κ2) is 4.05. The van der Waals surface area contributed by atoms with Gasteiger partial charge in [-0.05, 0) is 6.92 Å². The molecule has 0 spiro atoms. The third kappa shape index (κ3) is 4.47. The second-order valence-corrected chi connectivity index (χ2v) is 2.01. The molecule has 0 N–H and O–H groups in total. The highest BCUT2D eigenvalue weighted by Gasteiger charge is 2.29. The van der Waals surface area contributed by atoms with E-state index in [-0.39, 0.29) is 0 Å². The van der Waals surface area contributed by atoms with Gasteiger partial charge in [0.05, 0.1) is 12.9 Å². The fourth-order valence-electron chi connectivity index (χ4n) is 0.352. The van der Waals surface area contributed by atoms with E-state index < -0.39 is 11.7 Å². The first-order valence-electron chi connectivity index (χ1n) is 3.19. The molecule has 0 saturated carbocycles.